The van der Waals surface area contributed by atoms with Crippen molar-refractivity contribution in [1.82, 2.24) is 5.48 Å². The molecule has 7 heteroatoms. The van der Waals surface area contributed by atoms with Gasteiger partial charge in [0.1, 0.15) is 0 Å². The van der Waals surface area contributed by atoms with Gasteiger partial charge in [-0.3, -0.25) is 9.63 Å². The van der Waals surface area contributed by atoms with E-state index in [-0.39, 0.29) is 22.1 Å². The lowest BCUT2D eigenvalue weighted by molar-refractivity contribution is -0.130. The summed E-state index contributed by atoms with van der Waals surface area (Å²) >= 11 is 5.78. The van der Waals surface area contributed by atoms with Gasteiger partial charge in [0.2, 0.25) is 5.91 Å². The van der Waals surface area contributed by atoms with Gasteiger partial charge in [0, 0.05) is 6.42 Å². The Kier molecular flexibility index (Phi) is 4.92. The summed E-state index contributed by atoms with van der Waals surface area (Å²) in [4.78, 5) is 15.5. The second-order valence-electron chi connectivity index (χ2n) is 3.23. The molecule has 0 aliphatic carbocycles. The lowest BCUT2D eigenvalue weighted by Crippen LogP contribution is -2.24. The fraction of sp³-hybridized carbons (Fsp3) is 0.300. The highest BCUT2D eigenvalue weighted by Crippen LogP contribution is 2.21. The molecule has 94 valence electrons. The smallest absolute Gasteiger partial charge is 0.244 e. The van der Waals surface area contributed by atoms with Crippen LogP contribution in [0.5, 0.6) is 0 Å². The molecule has 1 aromatic rings. The van der Waals surface area contributed by atoms with Crippen LogP contribution in [0.2, 0.25) is 5.02 Å². The average molecular weight is 278 g/mol. The summed E-state index contributed by atoms with van der Waals surface area (Å²) in [5.74, 6) is -0.811. The Morgan fingerprint density at radius 1 is 1.41 bits per heavy atom. The van der Waals surface area contributed by atoms with E-state index in [1.807, 2.05) is 5.48 Å². The zero-order chi connectivity index (χ0) is 12.9. The van der Waals surface area contributed by atoms with E-state index in [0.29, 0.717) is 0 Å². The minimum absolute atomic E-state index is 0.0342. The van der Waals surface area contributed by atoms with Crippen molar-refractivity contribution in [3.63, 3.8) is 0 Å². The third-order valence-corrected chi connectivity index (χ3v) is 4.19. The Bertz CT molecular complexity index is 501. The highest BCUT2D eigenvalue weighted by atomic mass is 35.5. The molecule has 0 spiro atoms. The molecule has 1 amide bonds. The highest BCUT2D eigenvalue weighted by molar-refractivity contribution is 7.91. The predicted octanol–water partition coefficient (Wildman–Crippen LogP) is 1.18. The van der Waals surface area contributed by atoms with Gasteiger partial charge in [0.05, 0.1) is 22.8 Å². The largest absolute Gasteiger partial charge is 0.277 e. The Labute approximate surface area is 105 Å². The summed E-state index contributed by atoms with van der Waals surface area (Å²) in [7, 11) is -2.27. The van der Waals surface area contributed by atoms with Crippen molar-refractivity contribution in [2.45, 2.75) is 11.3 Å². The molecule has 0 aliphatic rings. The van der Waals surface area contributed by atoms with Gasteiger partial charge in [-0.05, 0) is 12.1 Å². The van der Waals surface area contributed by atoms with E-state index >= 15 is 0 Å². The monoisotopic (exact) mass is 277 g/mol. The van der Waals surface area contributed by atoms with Crippen molar-refractivity contribution < 1.29 is 18.0 Å². The third kappa shape index (κ3) is 3.99. The maximum atomic E-state index is 11.9. The standard InChI is InChI=1S/C10H12ClNO4S/c1-16-12-10(13)6-7-17(14,15)9-5-3-2-4-8(9)11/h2-5H,6-7H2,1H3,(H,12,13). The van der Waals surface area contributed by atoms with Gasteiger partial charge < -0.3 is 0 Å². The van der Waals surface area contributed by atoms with Crippen molar-refractivity contribution >= 4 is 27.3 Å². The first-order chi connectivity index (χ1) is 7.97. The van der Waals surface area contributed by atoms with Gasteiger partial charge in [-0.25, -0.2) is 13.9 Å². The first kappa shape index (κ1) is 14.0. The summed E-state index contributed by atoms with van der Waals surface area (Å²) in [6, 6.07) is 6.11. The molecule has 0 bridgehead atoms. The fourth-order valence-electron chi connectivity index (χ4n) is 1.20. The molecule has 1 aromatic carbocycles. The number of benzene rings is 1. The van der Waals surface area contributed by atoms with Crippen LogP contribution >= 0.6 is 11.6 Å². The molecule has 1 N–H and O–H groups in total. The van der Waals surface area contributed by atoms with Crippen LogP contribution in [0.1, 0.15) is 6.42 Å². The first-order valence-corrected chi connectivity index (χ1v) is 6.79. The Hall–Kier alpha value is -1.11. The molecule has 0 atom stereocenters. The number of hydroxylamine groups is 1. The van der Waals surface area contributed by atoms with Crippen molar-refractivity contribution in [1.29, 1.82) is 0 Å². The second-order valence-corrected chi connectivity index (χ2v) is 5.71. The summed E-state index contributed by atoms with van der Waals surface area (Å²) in [6.07, 6.45) is -0.179. The number of hydrogen-bond donors (Lipinski definition) is 1. The quantitative estimate of drug-likeness (QED) is 0.821. The molecule has 0 fully saturated rings. The van der Waals surface area contributed by atoms with E-state index in [2.05, 4.69) is 4.84 Å². The van der Waals surface area contributed by atoms with Crippen molar-refractivity contribution in [2.24, 2.45) is 0 Å². The van der Waals surface area contributed by atoms with E-state index in [4.69, 9.17) is 11.6 Å². The number of rotatable bonds is 5. The maximum absolute atomic E-state index is 11.9. The molecule has 0 radical (unpaired) electrons. The van der Waals surface area contributed by atoms with Crippen LogP contribution in [-0.2, 0) is 19.5 Å². The molecule has 0 heterocycles. The highest BCUT2D eigenvalue weighted by Gasteiger charge is 2.18. The van der Waals surface area contributed by atoms with Crippen LogP contribution < -0.4 is 5.48 Å². The molecule has 17 heavy (non-hydrogen) atoms. The number of halogens is 1. The van der Waals surface area contributed by atoms with Gasteiger partial charge in [0.15, 0.2) is 9.84 Å². The van der Waals surface area contributed by atoms with Gasteiger partial charge in [0.25, 0.3) is 0 Å². The predicted molar refractivity (Wildman–Crippen MR) is 63.3 cm³/mol. The van der Waals surface area contributed by atoms with Gasteiger partial charge >= 0.3 is 0 Å². The molecule has 0 aliphatic heterocycles. The topological polar surface area (TPSA) is 72.5 Å². The Balaban J connectivity index is 2.77. The van der Waals surface area contributed by atoms with Crippen LogP contribution in [0, 0.1) is 0 Å². The molecular weight excluding hydrogens is 266 g/mol. The average Bonchev–Trinajstić information content (AvgIpc) is 2.27. The number of amides is 1. The molecular formula is C10H12ClNO4S. The fourth-order valence-corrected chi connectivity index (χ4v) is 3.01. The molecule has 0 aromatic heterocycles. The van der Waals surface area contributed by atoms with E-state index in [1.54, 1.807) is 12.1 Å². The number of hydrogen-bond acceptors (Lipinski definition) is 4. The molecule has 0 saturated heterocycles. The van der Waals surface area contributed by atoms with Gasteiger partial charge in [-0.15, -0.1) is 0 Å². The van der Waals surface area contributed by atoms with Gasteiger partial charge in [-0.2, -0.15) is 0 Å². The minimum Gasteiger partial charge on any atom is -0.277 e. The first-order valence-electron chi connectivity index (χ1n) is 4.76. The summed E-state index contributed by atoms with van der Waals surface area (Å²) < 4.78 is 23.7. The zero-order valence-corrected chi connectivity index (χ0v) is 10.7. The number of sulfone groups is 1. The lowest BCUT2D eigenvalue weighted by Gasteiger charge is -2.06. The summed E-state index contributed by atoms with van der Waals surface area (Å²) in [6.45, 7) is 0. The zero-order valence-electron chi connectivity index (χ0n) is 9.14. The van der Waals surface area contributed by atoms with Crippen molar-refractivity contribution in [3.05, 3.63) is 29.3 Å². The van der Waals surface area contributed by atoms with E-state index in [9.17, 15) is 13.2 Å². The summed E-state index contributed by atoms with van der Waals surface area (Å²) in [5.41, 5.74) is 2.05. The van der Waals surface area contributed by atoms with Crippen molar-refractivity contribution in [3.8, 4) is 0 Å². The van der Waals surface area contributed by atoms with Crippen LogP contribution in [0.15, 0.2) is 29.2 Å². The van der Waals surface area contributed by atoms with Gasteiger partial charge in [-0.1, -0.05) is 23.7 Å². The van der Waals surface area contributed by atoms with E-state index < -0.39 is 15.7 Å². The number of carbonyl (C=O) groups excluding carboxylic acids is 1. The van der Waals surface area contributed by atoms with E-state index in [1.165, 1.54) is 19.2 Å². The second kappa shape index (κ2) is 6.00. The molecule has 5 nitrogen and oxygen atoms in total. The Morgan fingerprint density at radius 3 is 2.65 bits per heavy atom. The van der Waals surface area contributed by atoms with Crippen LogP contribution in [0.25, 0.3) is 0 Å². The normalized spacial score (nSPS) is 11.2. The Morgan fingerprint density at radius 2 is 2.06 bits per heavy atom. The number of nitrogens with one attached hydrogen (secondary N) is 1. The number of carbonyl (C=O) groups is 1. The van der Waals surface area contributed by atoms with Crippen LogP contribution in [0.3, 0.4) is 0 Å². The van der Waals surface area contributed by atoms with Crippen LogP contribution in [-0.4, -0.2) is 27.2 Å². The molecule has 0 saturated carbocycles. The van der Waals surface area contributed by atoms with Crippen LogP contribution in [0.4, 0.5) is 0 Å². The SMILES string of the molecule is CONC(=O)CCS(=O)(=O)c1ccccc1Cl. The van der Waals surface area contributed by atoms with Crippen molar-refractivity contribution in [2.75, 3.05) is 12.9 Å². The maximum Gasteiger partial charge on any atom is 0.244 e. The van der Waals surface area contributed by atoms with E-state index in [0.717, 1.165) is 0 Å². The third-order valence-electron chi connectivity index (χ3n) is 1.99. The minimum atomic E-state index is -3.55. The molecule has 1 rings (SSSR count). The summed E-state index contributed by atoms with van der Waals surface area (Å²) in [5, 5.41) is 0.152. The molecule has 0 unspecified atom stereocenters. The lowest BCUT2D eigenvalue weighted by atomic mass is 10.4.